The van der Waals surface area contributed by atoms with Crippen molar-refractivity contribution < 1.29 is 14.6 Å². The summed E-state index contributed by atoms with van der Waals surface area (Å²) in [6.07, 6.45) is 0.959. The smallest absolute Gasteiger partial charge is 0.326 e. The predicted octanol–water partition coefficient (Wildman–Crippen LogP) is -0.230. The zero-order valence-electron chi connectivity index (χ0n) is 10.2. The van der Waals surface area contributed by atoms with Crippen LogP contribution < -0.4 is 11.1 Å². The van der Waals surface area contributed by atoms with E-state index in [2.05, 4.69) is 5.32 Å². The van der Waals surface area contributed by atoms with Crippen molar-refractivity contribution in [2.75, 3.05) is 13.1 Å². The number of nitrogens with one attached hydrogen (secondary N) is 1. The van der Waals surface area contributed by atoms with Crippen LogP contribution in [0, 0.1) is 0 Å². The quantitative estimate of drug-likeness (QED) is 0.571. The Balaban J connectivity index is 2.61. The molecular formula is C11H22N2O3. The van der Waals surface area contributed by atoms with Crippen LogP contribution in [0.15, 0.2) is 0 Å². The van der Waals surface area contributed by atoms with Crippen LogP contribution in [0.5, 0.6) is 0 Å². The summed E-state index contributed by atoms with van der Waals surface area (Å²) in [5.74, 6) is -0.531. The Bertz CT molecular complexity index is 254. The summed E-state index contributed by atoms with van der Waals surface area (Å²) < 4.78 is 5.17. The molecule has 5 nitrogen and oxygen atoms in total. The van der Waals surface area contributed by atoms with E-state index in [1.807, 2.05) is 0 Å². The van der Waals surface area contributed by atoms with E-state index in [9.17, 15) is 9.90 Å². The Hall–Kier alpha value is -0.650. The lowest BCUT2D eigenvalue weighted by molar-refractivity contribution is -0.164. The zero-order valence-corrected chi connectivity index (χ0v) is 10.2. The van der Waals surface area contributed by atoms with E-state index in [-0.39, 0.29) is 0 Å². The number of aliphatic hydroxyl groups is 1. The average molecular weight is 230 g/mol. The number of esters is 1. The molecule has 16 heavy (non-hydrogen) atoms. The normalized spacial score (nSPS) is 22.6. The van der Waals surface area contributed by atoms with E-state index in [0.29, 0.717) is 25.9 Å². The Morgan fingerprint density at radius 2 is 1.94 bits per heavy atom. The van der Waals surface area contributed by atoms with Crippen LogP contribution in [0.3, 0.4) is 0 Å². The van der Waals surface area contributed by atoms with Gasteiger partial charge < -0.3 is 20.9 Å². The maximum absolute atomic E-state index is 11.7. The highest BCUT2D eigenvalue weighted by molar-refractivity contribution is 5.77. The van der Waals surface area contributed by atoms with E-state index in [4.69, 9.17) is 10.5 Å². The van der Waals surface area contributed by atoms with Crippen LogP contribution >= 0.6 is 0 Å². The first kappa shape index (κ1) is 13.4. The maximum atomic E-state index is 11.7. The number of ether oxygens (including phenoxy) is 1. The lowest BCUT2D eigenvalue weighted by Gasteiger charge is -2.37. The minimum atomic E-state index is -1.13. The first-order chi connectivity index (χ1) is 7.25. The topological polar surface area (TPSA) is 84.6 Å². The highest BCUT2D eigenvalue weighted by Crippen LogP contribution is 2.23. The molecule has 1 unspecified atom stereocenters. The second kappa shape index (κ2) is 4.69. The number of nitrogens with two attached hydrogens (primary N) is 1. The fraction of sp³-hybridized carbons (Fsp3) is 0.909. The van der Waals surface area contributed by atoms with E-state index in [1.165, 1.54) is 0 Å². The van der Waals surface area contributed by atoms with Crippen molar-refractivity contribution in [1.29, 1.82) is 0 Å². The predicted molar refractivity (Wildman–Crippen MR) is 60.9 cm³/mol. The van der Waals surface area contributed by atoms with E-state index >= 15 is 0 Å². The van der Waals surface area contributed by atoms with Crippen molar-refractivity contribution in [3.8, 4) is 0 Å². The third kappa shape index (κ3) is 3.43. The Kier molecular flexibility index (Phi) is 3.93. The summed E-state index contributed by atoms with van der Waals surface area (Å²) in [6, 6.07) is -0.964. The molecule has 1 saturated heterocycles. The number of hydrogen-bond donors (Lipinski definition) is 3. The van der Waals surface area contributed by atoms with Crippen molar-refractivity contribution >= 4 is 5.97 Å². The van der Waals surface area contributed by atoms with Crippen LogP contribution in [0.1, 0.15) is 33.6 Å². The molecule has 1 aliphatic heterocycles. The molecule has 94 valence electrons. The molecular weight excluding hydrogens is 208 g/mol. The fourth-order valence-corrected chi connectivity index (χ4v) is 1.76. The SMILES string of the molecule is CC(C)(C)OC(=O)C(N)C1(O)CCNCC1. The number of carbonyl (C=O) groups is 1. The minimum Gasteiger partial charge on any atom is -0.459 e. The molecule has 1 aliphatic rings. The van der Waals surface area contributed by atoms with Gasteiger partial charge in [-0.25, -0.2) is 0 Å². The summed E-state index contributed by atoms with van der Waals surface area (Å²) in [6.45, 7) is 6.69. The van der Waals surface area contributed by atoms with Crippen molar-refractivity contribution in [2.45, 2.75) is 50.9 Å². The van der Waals surface area contributed by atoms with Gasteiger partial charge in [0.15, 0.2) is 0 Å². The summed E-state index contributed by atoms with van der Waals surface area (Å²) in [4.78, 5) is 11.7. The Labute approximate surface area is 96.3 Å². The van der Waals surface area contributed by atoms with Gasteiger partial charge >= 0.3 is 5.97 Å². The molecule has 1 atom stereocenters. The molecule has 0 aromatic heterocycles. The van der Waals surface area contributed by atoms with Crippen LogP contribution in [0.25, 0.3) is 0 Å². The fourth-order valence-electron chi connectivity index (χ4n) is 1.76. The minimum absolute atomic E-state index is 0.480. The summed E-state index contributed by atoms with van der Waals surface area (Å²) >= 11 is 0. The number of carbonyl (C=O) groups excluding carboxylic acids is 1. The third-order valence-corrected chi connectivity index (χ3v) is 2.71. The molecule has 0 bridgehead atoms. The molecule has 5 heteroatoms. The Morgan fingerprint density at radius 3 is 2.38 bits per heavy atom. The van der Waals surface area contributed by atoms with Crippen molar-refractivity contribution in [3.63, 3.8) is 0 Å². The van der Waals surface area contributed by atoms with E-state index in [0.717, 1.165) is 0 Å². The van der Waals surface area contributed by atoms with Gasteiger partial charge in [0.1, 0.15) is 11.6 Å². The van der Waals surface area contributed by atoms with Crippen LogP contribution in [-0.2, 0) is 9.53 Å². The molecule has 0 aromatic carbocycles. The van der Waals surface area contributed by atoms with Crippen LogP contribution in [0.4, 0.5) is 0 Å². The number of piperidine rings is 1. The molecule has 0 radical (unpaired) electrons. The van der Waals surface area contributed by atoms with Gasteiger partial charge in [-0.2, -0.15) is 0 Å². The van der Waals surface area contributed by atoms with Crippen molar-refractivity contribution in [2.24, 2.45) is 5.73 Å². The van der Waals surface area contributed by atoms with Gasteiger partial charge in [0.2, 0.25) is 0 Å². The largest absolute Gasteiger partial charge is 0.459 e. The molecule has 1 fully saturated rings. The molecule has 0 aliphatic carbocycles. The van der Waals surface area contributed by atoms with Gasteiger partial charge in [-0.05, 0) is 46.7 Å². The Morgan fingerprint density at radius 1 is 1.44 bits per heavy atom. The summed E-state index contributed by atoms with van der Waals surface area (Å²) in [5, 5.41) is 13.4. The molecule has 1 heterocycles. The second-order valence-electron chi connectivity index (χ2n) is 5.36. The van der Waals surface area contributed by atoms with Gasteiger partial charge in [-0.15, -0.1) is 0 Å². The second-order valence-corrected chi connectivity index (χ2v) is 5.36. The third-order valence-electron chi connectivity index (χ3n) is 2.71. The highest BCUT2D eigenvalue weighted by Gasteiger charge is 2.41. The zero-order chi connectivity index (χ0) is 12.4. The maximum Gasteiger partial charge on any atom is 0.326 e. The molecule has 0 amide bonds. The lowest BCUT2D eigenvalue weighted by atomic mass is 9.85. The monoisotopic (exact) mass is 230 g/mol. The molecule has 0 saturated carbocycles. The number of rotatable bonds is 2. The van der Waals surface area contributed by atoms with Gasteiger partial charge in [-0.3, -0.25) is 4.79 Å². The van der Waals surface area contributed by atoms with Crippen LogP contribution in [0.2, 0.25) is 0 Å². The first-order valence-electron chi connectivity index (χ1n) is 5.66. The molecule has 0 spiro atoms. The first-order valence-corrected chi connectivity index (χ1v) is 5.66. The van der Waals surface area contributed by atoms with E-state index in [1.54, 1.807) is 20.8 Å². The summed E-state index contributed by atoms with van der Waals surface area (Å²) in [7, 11) is 0. The van der Waals surface area contributed by atoms with Gasteiger partial charge in [0.05, 0.1) is 5.60 Å². The highest BCUT2D eigenvalue weighted by atomic mass is 16.6. The van der Waals surface area contributed by atoms with E-state index < -0.39 is 23.2 Å². The average Bonchev–Trinajstić information content (AvgIpc) is 2.15. The number of hydrogen-bond acceptors (Lipinski definition) is 5. The van der Waals surface area contributed by atoms with Gasteiger partial charge in [-0.1, -0.05) is 0 Å². The standard InChI is InChI=1S/C11H22N2O3/c1-10(2,3)16-9(14)8(12)11(15)4-6-13-7-5-11/h8,13,15H,4-7,12H2,1-3H3. The van der Waals surface area contributed by atoms with Gasteiger partial charge in [0.25, 0.3) is 0 Å². The van der Waals surface area contributed by atoms with Crippen molar-refractivity contribution in [3.05, 3.63) is 0 Å². The summed E-state index contributed by atoms with van der Waals surface area (Å²) in [5.41, 5.74) is 4.08. The lowest BCUT2D eigenvalue weighted by Crippen LogP contribution is -2.58. The molecule has 0 aromatic rings. The van der Waals surface area contributed by atoms with Crippen molar-refractivity contribution in [1.82, 2.24) is 5.32 Å². The van der Waals surface area contributed by atoms with Gasteiger partial charge in [0, 0.05) is 0 Å². The molecule has 4 N–H and O–H groups in total. The molecule has 1 rings (SSSR count). The van der Waals surface area contributed by atoms with Crippen LogP contribution in [-0.4, -0.2) is 41.4 Å².